The molecule has 3 aromatic rings. The highest BCUT2D eigenvalue weighted by Crippen LogP contribution is 2.36. The van der Waals surface area contributed by atoms with Gasteiger partial charge in [0.15, 0.2) is 22.7 Å². The van der Waals surface area contributed by atoms with Gasteiger partial charge in [0.05, 0.1) is 12.1 Å². The molecular formula is C25H10F4N6O2. The van der Waals surface area contributed by atoms with Crippen molar-refractivity contribution in [3.8, 4) is 35.5 Å². The number of rotatable bonds is 3. The Morgan fingerprint density at radius 2 is 1.46 bits per heavy atom. The van der Waals surface area contributed by atoms with Crippen molar-refractivity contribution in [3.05, 3.63) is 76.2 Å². The van der Waals surface area contributed by atoms with Gasteiger partial charge in [-0.05, 0) is 31.2 Å². The summed E-state index contributed by atoms with van der Waals surface area (Å²) in [5.41, 5.74) is -4.99. The van der Waals surface area contributed by atoms with Gasteiger partial charge >= 0.3 is 0 Å². The van der Waals surface area contributed by atoms with Crippen LogP contribution in [0.5, 0.6) is 0 Å². The fraction of sp³-hybridized carbons (Fsp3) is 0.120. The quantitative estimate of drug-likeness (QED) is 0.501. The molecule has 1 aromatic heterocycles. The predicted molar refractivity (Wildman–Crippen MR) is 116 cm³/mol. The number of oxazole rings is 1. The second-order valence-electron chi connectivity index (χ2n) is 7.68. The van der Waals surface area contributed by atoms with E-state index in [1.165, 1.54) is 6.92 Å². The highest BCUT2D eigenvalue weighted by molar-refractivity contribution is 6.27. The summed E-state index contributed by atoms with van der Waals surface area (Å²) < 4.78 is 68.2. The molecule has 180 valence electrons. The normalized spacial score (nSPS) is 17.7. The van der Waals surface area contributed by atoms with Gasteiger partial charge < -0.3 is 9.15 Å². The fourth-order valence-corrected chi connectivity index (χ4v) is 3.53. The van der Waals surface area contributed by atoms with Crippen molar-refractivity contribution in [2.75, 3.05) is 0 Å². The highest BCUT2D eigenvalue weighted by atomic mass is 19.1. The summed E-state index contributed by atoms with van der Waals surface area (Å²) in [5.74, 6) is -5.99. The van der Waals surface area contributed by atoms with E-state index in [9.17, 15) is 38.6 Å². The van der Waals surface area contributed by atoms with Crippen molar-refractivity contribution >= 4 is 17.0 Å². The van der Waals surface area contributed by atoms with Crippen LogP contribution < -0.4 is 11.0 Å². The van der Waals surface area contributed by atoms with Crippen LogP contribution in [0.4, 0.5) is 17.6 Å². The molecule has 8 nitrogen and oxygen atoms in total. The van der Waals surface area contributed by atoms with Gasteiger partial charge in [0.1, 0.15) is 46.8 Å². The molecule has 0 fully saturated rings. The lowest BCUT2D eigenvalue weighted by Gasteiger charge is -2.21. The number of hydrogen-bond donors (Lipinski definition) is 0. The first-order chi connectivity index (χ1) is 17.6. The lowest BCUT2D eigenvalue weighted by atomic mass is 10.0. The van der Waals surface area contributed by atoms with Crippen molar-refractivity contribution in [2.24, 2.45) is 10.9 Å². The first kappa shape index (κ1) is 24.7. The van der Waals surface area contributed by atoms with E-state index < -0.39 is 57.2 Å². The molecular weight excluding hydrogens is 492 g/mol. The topological polar surface area (TPSA) is 143 Å². The molecule has 0 aliphatic carbocycles. The largest absolute Gasteiger partial charge is 0.458 e. The van der Waals surface area contributed by atoms with Gasteiger partial charge in [-0.25, -0.2) is 27.5 Å². The van der Waals surface area contributed by atoms with E-state index in [4.69, 9.17) is 9.15 Å². The Labute approximate surface area is 205 Å². The maximum absolute atomic E-state index is 14.8. The Hall–Kier alpha value is -5.46. The first-order valence-electron chi connectivity index (χ1n) is 10.2. The highest BCUT2D eigenvalue weighted by Gasteiger charge is 2.45. The number of nitrogens with zero attached hydrogens (tertiary/aromatic N) is 6. The smallest absolute Gasteiger partial charge is 0.249 e. The average Bonchev–Trinajstić information content (AvgIpc) is 3.43. The third-order valence-electron chi connectivity index (χ3n) is 5.29. The molecule has 12 heteroatoms. The van der Waals surface area contributed by atoms with Gasteiger partial charge in [-0.2, -0.15) is 21.0 Å². The van der Waals surface area contributed by atoms with Crippen LogP contribution in [0.2, 0.25) is 0 Å². The van der Waals surface area contributed by atoms with E-state index in [0.29, 0.717) is 12.1 Å². The summed E-state index contributed by atoms with van der Waals surface area (Å²) >= 11 is 0. The second kappa shape index (κ2) is 9.30. The van der Waals surface area contributed by atoms with Crippen molar-refractivity contribution in [2.45, 2.75) is 12.6 Å². The molecule has 1 unspecified atom stereocenters. The van der Waals surface area contributed by atoms with Crippen LogP contribution in [0.3, 0.4) is 0 Å². The molecule has 0 bridgehead atoms. The summed E-state index contributed by atoms with van der Waals surface area (Å²) in [6.07, 6.45) is 0. The van der Waals surface area contributed by atoms with Crippen LogP contribution in [0.25, 0.3) is 22.6 Å². The van der Waals surface area contributed by atoms with E-state index in [0.717, 1.165) is 24.3 Å². The van der Waals surface area contributed by atoms with Crippen LogP contribution in [0.15, 0.2) is 45.8 Å². The van der Waals surface area contributed by atoms with Crippen LogP contribution >= 0.6 is 0 Å². The molecule has 2 heterocycles. The van der Waals surface area contributed by atoms with Crippen molar-refractivity contribution < 1.29 is 26.7 Å². The third kappa shape index (κ3) is 4.25. The second-order valence-corrected chi connectivity index (χ2v) is 7.68. The number of hydrogen-bond acceptors (Lipinski definition) is 8. The average molecular weight is 502 g/mol. The maximum atomic E-state index is 14.8. The van der Waals surface area contributed by atoms with Gasteiger partial charge in [-0.1, -0.05) is 0 Å². The monoisotopic (exact) mass is 502 g/mol. The van der Waals surface area contributed by atoms with Crippen LogP contribution in [0, 0.1) is 74.5 Å². The summed E-state index contributed by atoms with van der Waals surface area (Å²) in [7, 11) is 0. The Bertz CT molecular complexity index is 1760. The first-order valence-corrected chi connectivity index (χ1v) is 10.2. The summed E-state index contributed by atoms with van der Waals surface area (Å²) in [6, 6.07) is 11.5. The number of aliphatic imine (C=N–C) groups is 1. The van der Waals surface area contributed by atoms with Crippen LogP contribution in [-0.2, 0) is 4.74 Å². The van der Waals surface area contributed by atoms with Crippen LogP contribution in [-0.4, -0.2) is 16.4 Å². The van der Waals surface area contributed by atoms with Gasteiger partial charge in [0.2, 0.25) is 11.3 Å². The van der Waals surface area contributed by atoms with E-state index in [2.05, 4.69) is 9.98 Å². The van der Waals surface area contributed by atoms with Crippen molar-refractivity contribution in [1.82, 2.24) is 4.98 Å². The summed E-state index contributed by atoms with van der Waals surface area (Å²) in [6.45, 7) is 1.25. The molecule has 0 radical (unpaired) electrons. The Morgan fingerprint density at radius 1 is 0.892 bits per heavy atom. The van der Waals surface area contributed by atoms with E-state index in [1.807, 2.05) is 0 Å². The zero-order chi connectivity index (χ0) is 26.9. The minimum absolute atomic E-state index is 0.331. The van der Waals surface area contributed by atoms with Crippen LogP contribution in [0.1, 0.15) is 12.5 Å². The minimum atomic E-state index is -1.93. The zero-order valence-electron chi connectivity index (χ0n) is 18.6. The number of halogens is 4. The SMILES string of the molecule is CC1(C(C#N)C#N)N=C(c2ccc(F)cc2F)/C(=c2\oc(=C(C#N)C#N)nc2-c2ccc(F)cc2F)O1. The Morgan fingerprint density at radius 3 is 1.97 bits per heavy atom. The van der Waals surface area contributed by atoms with Crippen molar-refractivity contribution in [1.29, 1.82) is 21.0 Å². The number of nitriles is 4. The number of benzene rings is 2. The molecule has 0 amide bonds. The van der Waals surface area contributed by atoms with Gasteiger partial charge in [-0.3, -0.25) is 0 Å². The van der Waals surface area contributed by atoms with Gasteiger partial charge in [0, 0.05) is 23.3 Å². The number of ether oxygens (including phenoxy) is 1. The van der Waals surface area contributed by atoms with E-state index in [-0.39, 0.29) is 22.5 Å². The van der Waals surface area contributed by atoms with Gasteiger partial charge in [0.25, 0.3) is 0 Å². The summed E-state index contributed by atoms with van der Waals surface area (Å²) in [5, 5.41) is 37.4. The molecule has 1 aliphatic heterocycles. The molecule has 2 aromatic carbocycles. The predicted octanol–water partition coefficient (Wildman–Crippen LogP) is 3.10. The van der Waals surface area contributed by atoms with Crippen molar-refractivity contribution in [3.63, 3.8) is 0 Å². The molecule has 0 N–H and O–H groups in total. The Balaban J connectivity index is 2.17. The zero-order valence-corrected chi connectivity index (χ0v) is 18.6. The molecule has 1 atom stereocenters. The summed E-state index contributed by atoms with van der Waals surface area (Å²) in [4.78, 5) is 8.22. The molecule has 0 saturated carbocycles. The number of aromatic nitrogens is 1. The molecule has 1 aliphatic rings. The van der Waals surface area contributed by atoms with Gasteiger partial charge in [-0.15, -0.1) is 0 Å². The maximum Gasteiger partial charge on any atom is 0.249 e. The minimum Gasteiger partial charge on any atom is -0.458 e. The fourth-order valence-electron chi connectivity index (χ4n) is 3.53. The molecule has 0 spiro atoms. The molecule has 0 saturated heterocycles. The lowest BCUT2D eigenvalue weighted by Crippen LogP contribution is -2.31. The Kier molecular flexibility index (Phi) is 6.20. The standard InChI is InChI=1S/C25H10F4N6O2/c1-25(13(10-32)11-33)35-21(17-5-3-15(27)7-19(17)29)23(37-25)22-20(16-4-2-14(26)6-18(16)28)34-24(36-22)12(8-30)9-31/h2-7,13H,1H3/b23-22+. The van der Waals surface area contributed by atoms with E-state index >= 15 is 0 Å². The lowest BCUT2D eigenvalue weighted by molar-refractivity contribution is 0.0613. The molecule has 37 heavy (non-hydrogen) atoms. The van der Waals surface area contributed by atoms with E-state index in [1.54, 1.807) is 24.3 Å². The molecule has 4 rings (SSSR count). The third-order valence-corrected chi connectivity index (χ3v) is 5.29.